The van der Waals surface area contributed by atoms with Gasteiger partial charge in [-0.1, -0.05) is 41.9 Å². The number of rotatable bonds is 7. The molecule has 1 saturated carbocycles. The second-order valence-corrected chi connectivity index (χ2v) is 14.0. The molecule has 1 aliphatic heterocycles. The number of piperidine rings is 1. The summed E-state index contributed by atoms with van der Waals surface area (Å²) in [4.78, 5) is 49.1. The van der Waals surface area contributed by atoms with Crippen molar-refractivity contribution in [1.82, 2.24) is 24.0 Å². The summed E-state index contributed by atoms with van der Waals surface area (Å²) in [6, 6.07) is 15.5. The molecule has 2 aliphatic carbocycles. The maximum absolute atomic E-state index is 13.2. The van der Waals surface area contributed by atoms with E-state index < -0.39 is 28.7 Å². The van der Waals surface area contributed by atoms with E-state index in [4.69, 9.17) is 27.1 Å². The number of aryl methyl sites for hydroxylation is 2. The first-order valence-electron chi connectivity index (χ1n) is 16.5. The summed E-state index contributed by atoms with van der Waals surface area (Å²) in [7, 11) is 4.70. The highest BCUT2D eigenvalue weighted by Crippen LogP contribution is 2.57. The second kappa shape index (κ2) is 11.5. The fraction of sp³-hybridized carbons (Fsp3) is 0.324. The third-order valence-corrected chi connectivity index (χ3v) is 11.4. The minimum Gasteiger partial charge on any atom is -0.481 e. The van der Waals surface area contributed by atoms with Crippen LogP contribution in [-0.2, 0) is 25.3 Å². The lowest BCUT2D eigenvalue weighted by molar-refractivity contribution is -0.139. The Morgan fingerprint density at radius 3 is 2.56 bits per heavy atom. The SMILES string of the molecule is COc1nc(-c2cccc(-c3cccc(Nc4nccc5c4c(=O)n(C)c(=O)n5C)c3C)c2Cl)cc2c1[C@H](N1C[C@H]3[C@H](C(=O)O)[C@@]3(N)C1)CC2. The van der Waals surface area contributed by atoms with Gasteiger partial charge in [0.25, 0.3) is 5.56 Å². The maximum atomic E-state index is 13.2. The van der Waals surface area contributed by atoms with Gasteiger partial charge in [-0.2, -0.15) is 0 Å². The smallest absolute Gasteiger partial charge is 0.330 e. The summed E-state index contributed by atoms with van der Waals surface area (Å²) in [5.41, 5.74) is 12.4. The van der Waals surface area contributed by atoms with Crippen LogP contribution in [0.1, 0.15) is 29.2 Å². The molecular formula is C37H36ClN7O5. The molecule has 50 heavy (non-hydrogen) atoms. The number of nitrogens with two attached hydrogens (primary N) is 1. The van der Waals surface area contributed by atoms with Crippen molar-refractivity contribution in [2.75, 3.05) is 25.5 Å². The lowest BCUT2D eigenvalue weighted by Gasteiger charge is -2.28. The zero-order valence-electron chi connectivity index (χ0n) is 28.0. The molecule has 1 saturated heterocycles. The number of ether oxygens (including phenoxy) is 1. The van der Waals surface area contributed by atoms with Gasteiger partial charge in [-0.05, 0) is 54.7 Å². The Balaban J connectivity index is 1.13. The number of aromatic nitrogens is 4. The Hall–Kier alpha value is -5.04. The molecule has 0 amide bonds. The number of halogens is 1. The molecule has 0 unspecified atom stereocenters. The van der Waals surface area contributed by atoms with Crippen LogP contribution >= 0.6 is 11.6 Å². The van der Waals surface area contributed by atoms with Crippen molar-refractivity contribution in [2.24, 2.45) is 31.7 Å². The Morgan fingerprint density at radius 2 is 1.84 bits per heavy atom. The molecule has 4 N–H and O–H groups in total. The van der Waals surface area contributed by atoms with Crippen LogP contribution in [0.25, 0.3) is 33.3 Å². The van der Waals surface area contributed by atoms with Crippen molar-refractivity contribution in [3.8, 4) is 28.3 Å². The number of likely N-dealkylation sites (tertiary alicyclic amines) is 1. The summed E-state index contributed by atoms with van der Waals surface area (Å²) in [5.74, 6) is -0.436. The normalized spacial score (nSPS) is 22.4. The molecule has 0 radical (unpaired) electrons. The number of fused-ring (bicyclic) bond motifs is 3. The van der Waals surface area contributed by atoms with Gasteiger partial charge in [-0.15, -0.1) is 0 Å². The number of nitrogens with one attached hydrogen (secondary N) is 1. The average molecular weight is 694 g/mol. The topological polar surface area (TPSA) is 158 Å². The fourth-order valence-corrected chi connectivity index (χ4v) is 8.65. The first-order chi connectivity index (χ1) is 23.9. The molecule has 3 aliphatic rings. The standard InChI is InChI=1S/C37H36ClN7O5/c1-18-20(7-6-10-24(18)41-32-29-26(13-14-40-32)43(2)36(49)44(3)34(29)46)21-8-5-9-22(31(21)38)25-15-19-11-12-27(28(19)33(42-25)50-4)45-16-23-30(35(47)48)37(23,39)17-45/h5-10,13-15,23,27,30H,11-12,16-17,39H2,1-4H3,(H,40,41)(H,47,48)/t23-,27+,30+,37+/m0/s1. The number of hydrogen-bond donors (Lipinski definition) is 3. The van der Waals surface area contributed by atoms with Gasteiger partial charge in [0.15, 0.2) is 0 Å². The molecule has 2 fully saturated rings. The van der Waals surface area contributed by atoms with E-state index in [1.807, 2.05) is 43.3 Å². The molecule has 3 aromatic heterocycles. The Morgan fingerprint density at radius 1 is 1.10 bits per heavy atom. The summed E-state index contributed by atoms with van der Waals surface area (Å²) in [6.07, 6.45) is 3.27. The zero-order chi connectivity index (χ0) is 35.2. The van der Waals surface area contributed by atoms with Gasteiger partial charge < -0.3 is 20.9 Å². The van der Waals surface area contributed by atoms with Crippen LogP contribution in [0.3, 0.4) is 0 Å². The van der Waals surface area contributed by atoms with Gasteiger partial charge in [0, 0.05) is 73.3 Å². The number of nitrogens with zero attached hydrogens (tertiary/aromatic N) is 5. The van der Waals surface area contributed by atoms with E-state index in [-0.39, 0.29) is 12.0 Å². The zero-order valence-corrected chi connectivity index (χ0v) is 28.8. The van der Waals surface area contributed by atoms with Crippen LogP contribution in [0, 0.1) is 18.8 Å². The summed E-state index contributed by atoms with van der Waals surface area (Å²) < 4.78 is 8.38. The van der Waals surface area contributed by atoms with Crippen molar-refractivity contribution in [1.29, 1.82) is 0 Å². The monoisotopic (exact) mass is 693 g/mol. The molecule has 0 spiro atoms. The van der Waals surface area contributed by atoms with Crippen molar-refractivity contribution >= 4 is 40.0 Å². The minimum absolute atomic E-state index is 0.0353. The van der Waals surface area contributed by atoms with Gasteiger partial charge in [-0.3, -0.25) is 23.6 Å². The number of aliphatic carboxylic acids is 1. The van der Waals surface area contributed by atoms with Crippen LogP contribution < -0.4 is 27.0 Å². The molecule has 5 aromatic rings. The molecule has 13 heteroatoms. The number of benzene rings is 2. The Bertz CT molecular complexity index is 2390. The summed E-state index contributed by atoms with van der Waals surface area (Å²) in [6.45, 7) is 3.16. The third-order valence-electron chi connectivity index (χ3n) is 11.0. The number of anilines is 2. The van der Waals surface area contributed by atoms with Crippen molar-refractivity contribution in [2.45, 2.75) is 31.3 Å². The van der Waals surface area contributed by atoms with E-state index in [0.717, 1.165) is 56.5 Å². The summed E-state index contributed by atoms with van der Waals surface area (Å²) >= 11 is 7.21. The first-order valence-corrected chi connectivity index (χ1v) is 16.9. The van der Waals surface area contributed by atoms with Gasteiger partial charge in [0.1, 0.15) is 11.2 Å². The Labute approximate surface area is 292 Å². The van der Waals surface area contributed by atoms with Crippen LogP contribution in [0.5, 0.6) is 5.88 Å². The van der Waals surface area contributed by atoms with Crippen molar-refractivity contribution in [3.05, 3.63) is 97.3 Å². The maximum Gasteiger partial charge on any atom is 0.330 e. The second-order valence-electron chi connectivity index (χ2n) is 13.6. The largest absolute Gasteiger partial charge is 0.481 e. The number of carboxylic acid groups (broad SMARTS) is 1. The van der Waals surface area contributed by atoms with Crippen molar-refractivity contribution in [3.63, 3.8) is 0 Å². The molecule has 12 nitrogen and oxygen atoms in total. The number of pyridine rings is 2. The average Bonchev–Trinajstić information content (AvgIpc) is 3.35. The number of carbonyl (C=O) groups is 1. The molecule has 4 heterocycles. The predicted molar refractivity (Wildman–Crippen MR) is 191 cm³/mol. The molecule has 8 rings (SSSR count). The summed E-state index contributed by atoms with van der Waals surface area (Å²) in [5, 5.41) is 13.7. The molecule has 0 bridgehead atoms. The van der Waals surface area contributed by atoms with Crippen LogP contribution in [0.4, 0.5) is 11.5 Å². The highest BCUT2D eigenvalue weighted by Gasteiger charge is 2.71. The fourth-order valence-electron chi connectivity index (χ4n) is 8.33. The lowest BCUT2D eigenvalue weighted by Crippen LogP contribution is -2.39. The van der Waals surface area contributed by atoms with E-state index in [1.54, 1.807) is 26.4 Å². The van der Waals surface area contributed by atoms with E-state index >= 15 is 0 Å². The van der Waals surface area contributed by atoms with E-state index in [9.17, 15) is 19.5 Å². The molecular weight excluding hydrogens is 658 g/mol. The van der Waals surface area contributed by atoms with E-state index in [1.165, 1.54) is 11.6 Å². The number of hydrogen-bond acceptors (Lipinski definition) is 9. The Kier molecular flexibility index (Phi) is 7.41. The third kappa shape index (κ3) is 4.69. The highest BCUT2D eigenvalue weighted by molar-refractivity contribution is 6.36. The van der Waals surface area contributed by atoms with Gasteiger partial charge in [0.05, 0.1) is 29.3 Å². The first kappa shape index (κ1) is 32.2. The van der Waals surface area contributed by atoms with E-state index in [2.05, 4.69) is 21.3 Å². The van der Waals surface area contributed by atoms with Gasteiger partial charge in [-0.25, -0.2) is 14.8 Å². The molecule has 256 valence electrons. The van der Waals surface area contributed by atoms with E-state index in [0.29, 0.717) is 46.4 Å². The number of carboxylic acids is 1. The molecule has 2 aromatic carbocycles. The van der Waals surface area contributed by atoms with Gasteiger partial charge in [0.2, 0.25) is 5.88 Å². The van der Waals surface area contributed by atoms with Crippen molar-refractivity contribution < 1.29 is 14.6 Å². The minimum atomic E-state index is -0.812. The number of methoxy groups -OCH3 is 1. The van der Waals surface area contributed by atoms with Crippen LogP contribution in [0.15, 0.2) is 64.3 Å². The lowest BCUT2D eigenvalue weighted by atomic mass is 9.96. The predicted octanol–water partition coefficient (Wildman–Crippen LogP) is 4.41. The van der Waals surface area contributed by atoms with Crippen LogP contribution in [0.2, 0.25) is 5.02 Å². The van der Waals surface area contributed by atoms with Gasteiger partial charge >= 0.3 is 11.7 Å². The molecule has 4 atom stereocenters. The van der Waals surface area contributed by atoms with Crippen LogP contribution in [-0.4, -0.2) is 60.8 Å². The highest BCUT2D eigenvalue weighted by atomic mass is 35.5. The quantitative estimate of drug-likeness (QED) is 0.223.